The van der Waals surface area contributed by atoms with E-state index in [1.54, 1.807) is 6.20 Å². The Hall–Kier alpha value is -2.61. The molecule has 7 nitrogen and oxygen atoms in total. The topological polar surface area (TPSA) is 89.6 Å². The summed E-state index contributed by atoms with van der Waals surface area (Å²) in [6, 6.07) is 16.1. The van der Waals surface area contributed by atoms with Gasteiger partial charge in [-0.15, -0.1) is 16.7 Å². The lowest BCUT2D eigenvalue weighted by Gasteiger charge is -2.26. The van der Waals surface area contributed by atoms with Crippen molar-refractivity contribution >= 4 is 11.6 Å². The maximum Gasteiger partial charge on any atom is 0.119 e. The molecule has 3 aromatic rings. The first kappa shape index (κ1) is 25.0. The highest BCUT2D eigenvalue weighted by atomic mass is 35.5. The van der Waals surface area contributed by atoms with E-state index < -0.39 is 6.10 Å². The first-order chi connectivity index (χ1) is 15.8. The molecule has 1 aromatic heterocycles. The summed E-state index contributed by atoms with van der Waals surface area (Å²) < 4.78 is 13.0. The third-order valence-electron chi connectivity index (χ3n) is 5.54. The quantitative estimate of drug-likeness (QED) is 0.389. The molecule has 0 saturated heterocycles. The van der Waals surface area contributed by atoms with Gasteiger partial charge in [0.25, 0.3) is 0 Å². The molecule has 0 amide bonds. The number of hydrogen-bond donors (Lipinski definition) is 2. The van der Waals surface area contributed by atoms with E-state index in [0.29, 0.717) is 29.8 Å². The first-order valence-corrected chi connectivity index (χ1v) is 11.6. The molecule has 178 valence electrons. The van der Waals surface area contributed by atoms with E-state index in [2.05, 4.69) is 43.2 Å². The Morgan fingerprint density at radius 3 is 2.00 bits per heavy atom. The van der Waals surface area contributed by atoms with Crippen molar-refractivity contribution in [3.8, 4) is 11.5 Å². The van der Waals surface area contributed by atoms with Crippen LogP contribution in [0.4, 0.5) is 0 Å². The molecule has 2 atom stereocenters. The van der Waals surface area contributed by atoms with Crippen LogP contribution in [0.2, 0.25) is 0 Å². The van der Waals surface area contributed by atoms with E-state index in [9.17, 15) is 5.11 Å². The maximum atomic E-state index is 10.2. The van der Waals surface area contributed by atoms with E-state index in [1.165, 1.54) is 10.2 Å². The molecule has 3 rings (SSSR count). The van der Waals surface area contributed by atoms with Crippen molar-refractivity contribution < 1.29 is 19.7 Å². The van der Waals surface area contributed by atoms with Crippen LogP contribution in [-0.2, 0) is 18.6 Å². The second-order valence-electron chi connectivity index (χ2n) is 8.80. The van der Waals surface area contributed by atoms with Crippen LogP contribution in [0, 0.1) is 5.92 Å². The molecule has 2 N–H and O–H groups in total. The van der Waals surface area contributed by atoms with Crippen LogP contribution in [-0.4, -0.2) is 50.4 Å². The average molecular weight is 474 g/mol. The Bertz CT molecular complexity index is 990. The maximum absolute atomic E-state index is 10.2. The van der Waals surface area contributed by atoms with E-state index in [0.717, 1.165) is 11.3 Å². The van der Waals surface area contributed by atoms with Gasteiger partial charge in [0.2, 0.25) is 0 Å². The summed E-state index contributed by atoms with van der Waals surface area (Å²) >= 11 is 5.84. The van der Waals surface area contributed by atoms with Crippen molar-refractivity contribution in [2.45, 2.75) is 45.4 Å². The van der Waals surface area contributed by atoms with Gasteiger partial charge in [-0.25, -0.2) is 4.68 Å². The zero-order chi connectivity index (χ0) is 23.8. The number of aliphatic hydroxyl groups excluding tert-OH is 2. The molecule has 0 spiro atoms. The SMILES string of the molecule is C[C@@H](CCl)COc1ccc(C(C)(C)c2ccc(OC[C@H](O)Cn3cc(CO)nn3)cc2)cc1. The highest BCUT2D eigenvalue weighted by Crippen LogP contribution is 2.33. The Balaban J connectivity index is 1.55. The van der Waals surface area contributed by atoms with Crippen LogP contribution < -0.4 is 9.47 Å². The van der Waals surface area contributed by atoms with Crippen molar-refractivity contribution in [2.24, 2.45) is 5.92 Å². The third-order valence-corrected chi connectivity index (χ3v) is 6.07. The standard InChI is InChI=1S/C25H32ClN3O4/c1-18(12-26)16-32-23-8-4-19(5-9-23)25(2,3)20-6-10-24(11-7-20)33-17-22(31)14-29-13-21(15-30)27-28-29/h4-11,13,18,22,30-31H,12,14-17H2,1-3H3/t18-,22+/m0/s1. The van der Waals surface area contributed by atoms with Gasteiger partial charge in [0.1, 0.15) is 29.9 Å². The number of ether oxygens (including phenoxy) is 2. The largest absolute Gasteiger partial charge is 0.493 e. The minimum atomic E-state index is -0.748. The molecule has 2 aromatic carbocycles. The summed E-state index contributed by atoms with van der Waals surface area (Å²) in [6.45, 7) is 7.20. The Labute approximate surface area is 199 Å². The summed E-state index contributed by atoms with van der Waals surface area (Å²) in [5.41, 5.74) is 2.60. The van der Waals surface area contributed by atoms with Crippen LogP contribution in [0.1, 0.15) is 37.6 Å². The number of halogens is 1. The van der Waals surface area contributed by atoms with Crippen LogP contribution in [0.3, 0.4) is 0 Å². The first-order valence-electron chi connectivity index (χ1n) is 11.0. The second kappa shape index (κ2) is 11.5. The van der Waals surface area contributed by atoms with Crippen molar-refractivity contribution in [3.05, 3.63) is 71.5 Å². The summed E-state index contributed by atoms with van der Waals surface area (Å²) in [4.78, 5) is 0. The van der Waals surface area contributed by atoms with Crippen LogP contribution in [0.5, 0.6) is 11.5 Å². The summed E-state index contributed by atoms with van der Waals surface area (Å²) in [7, 11) is 0. The monoisotopic (exact) mass is 473 g/mol. The zero-order valence-corrected chi connectivity index (χ0v) is 20.1. The minimum Gasteiger partial charge on any atom is -0.493 e. The zero-order valence-electron chi connectivity index (χ0n) is 19.3. The second-order valence-corrected chi connectivity index (χ2v) is 9.11. The number of benzene rings is 2. The van der Waals surface area contributed by atoms with E-state index in [1.807, 2.05) is 36.4 Å². The normalized spacial score (nSPS) is 13.5. The molecular formula is C25H32ClN3O4. The fourth-order valence-electron chi connectivity index (χ4n) is 3.35. The Kier molecular flexibility index (Phi) is 8.72. The van der Waals surface area contributed by atoms with Gasteiger partial charge in [-0.05, 0) is 35.4 Å². The molecule has 0 aliphatic carbocycles. The average Bonchev–Trinajstić information content (AvgIpc) is 3.29. The van der Waals surface area contributed by atoms with Crippen LogP contribution in [0.25, 0.3) is 0 Å². The van der Waals surface area contributed by atoms with Crippen molar-refractivity contribution in [2.75, 3.05) is 19.1 Å². The summed E-state index contributed by atoms with van der Waals surface area (Å²) in [5, 5.41) is 26.9. The predicted molar refractivity (Wildman–Crippen MR) is 128 cm³/mol. The van der Waals surface area contributed by atoms with E-state index >= 15 is 0 Å². The van der Waals surface area contributed by atoms with Crippen LogP contribution in [0.15, 0.2) is 54.7 Å². The van der Waals surface area contributed by atoms with Crippen molar-refractivity contribution in [3.63, 3.8) is 0 Å². The molecule has 0 fully saturated rings. The van der Waals surface area contributed by atoms with Gasteiger partial charge < -0.3 is 19.7 Å². The Morgan fingerprint density at radius 1 is 0.970 bits per heavy atom. The summed E-state index contributed by atoms with van der Waals surface area (Å²) in [6.07, 6.45) is 0.849. The highest BCUT2D eigenvalue weighted by Gasteiger charge is 2.23. The van der Waals surface area contributed by atoms with E-state index in [-0.39, 0.29) is 25.2 Å². The molecule has 8 heteroatoms. The lowest BCUT2D eigenvalue weighted by molar-refractivity contribution is 0.0888. The molecule has 0 unspecified atom stereocenters. The molecule has 0 saturated carbocycles. The molecular weight excluding hydrogens is 442 g/mol. The molecule has 0 aliphatic rings. The fourth-order valence-corrected chi connectivity index (χ4v) is 3.44. The highest BCUT2D eigenvalue weighted by molar-refractivity contribution is 6.18. The van der Waals surface area contributed by atoms with Crippen LogP contribution >= 0.6 is 11.6 Å². The predicted octanol–water partition coefficient (Wildman–Crippen LogP) is 3.79. The smallest absolute Gasteiger partial charge is 0.119 e. The number of rotatable bonds is 12. The number of hydrogen-bond acceptors (Lipinski definition) is 6. The Morgan fingerprint density at radius 2 is 1.52 bits per heavy atom. The minimum absolute atomic E-state index is 0.126. The molecule has 0 aliphatic heterocycles. The number of aromatic nitrogens is 3. The van der Waals surface area contributed by atoms with Crippen molar-refractivity contribution in [1.29, 1.82) is 0 Å². The van der Waals surface area contributed by atoms with E-state index in [4.69, 9.17) is 26.2 Å². The lowest BCUT2D eigenvalue weighted by Crippen LogP contribution is -2.24. The molecule has 0 radical (unpaired) electrons. The molecule has 1 heterocycles. The van der Waals surface area contributed by atoms with Crippen molar-refractivity contribution in [1.82, 2.24) is 15.0 Å². The van der Waals surface area contributed by atoms with Gasteiger partial charge in [-0.3, -0.25) is 0 Å². The fraction of sp³-hybridized carbons (Fsp3) is 0.440. The number of aliphatic hydroxyl groups is 2. The third kappa shape index (κ3) is 6.93. The number of nitrogens with zero attached hydrogens (tertiary/aromatic N) is 3. The number of alkyl halides is 1. The molecule has 33 heavy (non-hydrogen) atoms. The summed E-state index contributed by atoms with van der Waals surface area (Å²) in [5.74, 6) is 2.41. The van der Waals surface area contributed by atoms with Gasteiger partial charge in [0.15, 0.2) is 0 Å². The van der Waals surface area contributed by atoms with Gasteiger partial charge >= 0.3 is 0 Å². The van der Waals surface area contributed by atoms with Gasteiger partial charge in [-0.2, -0.15) is 0 Å². The van der Waals surface area contributed by atoms with Gasteiger partial charge in [0, 0.05) is 17.2 Å². The van der Waals surface area contributed by atoms with Gasteiger partial charge in [-0.1, -0.05) is 50.3 Å². The lowest BCUT2D eigenvalue weighted by atomic mass is 9.78. The molecule has 0 bridgehead atoms. The van der Waals surface area contributed by atoms with Gasteiger partial charge in [0.05, 0.1) is 26.0 Å².